The highest BCUT2D eigenvalue weighted by Crippen LogP contribution is 2.43. The Hall–Kier alpha value is -3.34. The fraction of sp³-hybridized carbons (Fsp3) is 0.375. The van der Waals surface area contributed by atoms with Crippen LogP contribution in [0.5, 0.6) is 0 Å². The maximum absolute atomic E-state index is 12.3. The number of esters is 1. The largest absolute Gasteiger partial charge is 0.436 e. The first-order chi connectivity index (χ1) is 22.3. The molecule has 4 atom stereocenters. The van der Waals surface area contributed by atoms with E-state index >= 15 is 0 Å². The highest BCUT2D eigenvalue weighted by molar-refractivity contribution is 7.00. The highest BCUT2D eigenvalue weighted by Gasteiger charge is 2.57. The van der Waals surface area contributed by atoms with Crippen LogP contribution >= 0.6 is 0 Å². The maximum Gasteiger partial charge on any atom is 0.304 e. The molecule has 0 radical (unpaired) electrons. The van der Waals surface area contributed by atoms with Crippen molar-refractivity contribution >= 4 is 43.4 Å². The molecule has 1 fully saturated rings. The Morgan fingerprint density at radius 2 is 0.957 bits per heavy atom. The van der Waals surface area contributed by atoms with E-state index in [2.05, 4.69) is 163 Å². The highest BCUT2D eigenvalue weighted by atomic mass is 28.4. The first kappa shape index (κ1) is 35.0. The Bertz CT molecular complexity index is 1510. The van der Waals surface area contributed by atoms with E-state index < -0.39 is 41.2 Å². The lowest BCUT2D eigenvalue weighted by molar-refractivity contribution is -0.234. The van der Waals surface area contributed by atoms with Crippen LogP contribution in [0.4, 0.5) is 0 Å². The minimum absolute atomic E-state index is 0.246. The second-order valence-electron chi connectivity index (χ2n) is 14.7. The van der Waals surface area contributed by atoms with Crippen molar-refractivity contribution in [3.63, 3.8) is 0 Å². The molecule has 0 amide bonds. The van der Waals surface area contributed by atoms with E-state index in [-0.39, 0.29) is 16.0 Å². The first-order valence-electron chi connectivity index (χ1n) is 16.7. The summed E-state index contributed by atoms with van der Waals surface area (Å²) >= 11 is 0. The van der Waals surface area contributed by atoms with Crippen LogP contribution in [0.25, 0.3) is 0 Å². The molecule has 1 aliphatic heterocycles. The summed E-state index contributed by atoms with van der Waals surface area (Å²) in [6.07, 6.45) is -1.69. The molecule has 47 heavy (non-hydrogen) atoms. The van der Waals surface area contributed by atoms with Gasteiger partial charge < -0.3 is 18.3 Å². The lowest BCUT2D eigenvalue weighted by Gasteiger charge is -2.52. The standard InChI is InChI=1S/C40H50O5Si2/c1-30-38(45-47(40(6,7)8,34-25-17-11-18-26-34)35-27-19-12-20-28-35)36(29-37(42-30)43-31(2)41)44-46(39(3,4)5,32-21-13-9-14-22-32)33-23-15-10-16-24-33/h9-28,30,36-38H,29H2,1-8H3/t30-,36-,37-,38-/m1/s1. The second-order valence-corrected chi connectivity index (χ2v) is 23.2. The van der Waals surface area contributed by atoms with Crippen LogP contribution in [0.2, 0.25) is 10.1 Å². The van der Waals surface area contributed by atoms with Crippen molar-refractivity contribution in [2.75, 3.05) is 0 Å². The van der Waals surface area contributed by atoms with Crippen molar-refractivity contribution < 1.29 is 23.1 Å². The Kier molecular flexibility index (Phi) is 10.4. The van der Waals surface area contributed by atoms with E-state index in [0.717, 1.165) is 0 Å². The van der Waals surface area contributed by atoms with Crippen molar-refractivity contribution in [1.82, 2.24) is 0 Å². The monoisotopic (exact) mass is 666 g/mol. The van der Waals surface area contributed by atoms with Gasteiger partial charge in [-0.3, -0.25) is 4.79 Å². The van der Waals surface area contributed by atoms with Gasteiger partial charge in [-0.15, -0.1) is 0 Å². The van der Waals surface area contributed by atoms with Crippen molar-refractivity contribution in [3.8, 4) is 0 Å². The molecule has 7 heteroatoms. The van der Waals surface area contributed by atoms with Gasteiger partial charge in [0.1, 0.15) is 0 Å². The first-order valence-corrected chi connectivity index (χ1v) is 20.5. The molecule has 1 heterocycles. The van der Waals surface area contributed by atoms with Gasteiger partial charge in [-0.05, 0) is 37.7 Å². The fourth-order valence-electron chi connectivity index (χ4n) is 7.36. The molecule has 248 valence electrons. The number of benzene rings is 4. The Labute approximate surface area is 283 Å². The fourth-order valence-corrected chi connectivity index (χ4v) is 16.8. The van der Waals surface area contributed by atoms with Crippen LogP contribution in [0.1, 0.15) is 61.8 Å². The molecular formula is C40H50O5Si2. The molecule has 0 spiro atoms. The summed E-state index contributed by atoms with van der Waals surface area (Å²) in [5.74, 6) is -0.377. The molecule has 0 aromatic heterocycles. The van der Waals surface area contributed by atoms with Crippen LogP contribution < -0.4 is 20.7 Å². The van der Waals surface area contributed by atoms with E-state index in [4.69, 9.17) is 18.3 Å². The van der Waals surface area contributed by atoms with Crippen molar-refractivity contribution in [3.05, 3.63) is 121 Å². The molecule has 4 aromatic carbocycles. The van der Waals surface area contributed by atoms with E-state index in [0.29, 0.717) is 6.42 Å². The van der Waals surface area contributed by atoms with Gasteiger partial charge in [-0.1, -0.05) is 163 Å². The number of rotatable bonds is 9. The molecule has 5 rings (SSSR count). The SMILES string of the molecule is CC(=O)O[C@@H]1C[C@@H](O[Si](c2ccccc2)(c2ccccc2)C(C)(C)C)[C@H](O[Si](c2ccccc2)(c2ccccc2)C(C)(C)C)[C@@H](C)O1. The van der Waals surface area contributed by atoms with Crippen molar-refractivity contribution in [2.45, 2.75) is 96.5 Å². The van der Waals surface area contributed by atoms with E-state index in [1.54, 1.807) is 0 Å². The van der Waals surface area contributed by atoms with Gasteiger partial charge in [0, 0.05) is 13.3 Å². The second kappa shape index (κ2) is 14.0. The third-order valence-corrected chi connectivity index (χ3v) is 19.5. The van der Waals surface area contributed by atoms with Gasteiger partial charge in [0.05, 0.1) is 18.3 Å². The van der Waals surface area contributed by atoms with Crippen LogP contribution in [0.15, 0.2) is 121 Å². The third kappa shape index (κ3) is 6.96. The van der Waals surface area contributed by atoms with Gasteiger partial charge in [-0.2, -0.15) is 0 Å². The molecule has 0 bridgehead atoms. The van der Waals surface area contributed by atoms with E-state index in [1.807, 2.05) is 6.92 Å². The van der Waals surface area contributed by atoms with Crippen LogP contribution in [-0.4, -0.2) is 47.2 Å². The Morgan fingerprint density at radius 3 is 1.28 bits per heavy atom. The molecule has 1 saturated heterocycles. The Morgan fingerprint density at radius 1 is 0.617 bits per heavy atom. The molecule has 4 aromatic rings. The van der Waals surface area contributed by atoms with E-state index in [1.165, 1.54) is 27.7 Å². The minimum atomic E-state index is -3.02. The average molecular weight is 667 g/mol. The maximum atomic E-state index is 12.3. The summed E-state index contributed by atoms with van der Waals surface area (Å²) in [4.78, 5) is 12.3. The predicted molar refractivity (Wildman–Crippen MR) is 196 cm³/mol. The number of ether oxygens (including phenoxy) is 2. The zero-order valence-electron chi connectivity index (χ0n) is 29.1. The van der Waals surface area contributed by atoms with Gasteiger partial charge >= 0.3 is 5.97 Å². The molecule has 1 aliphatic rings. The summed E-state index contributed by atoms with van der Waals surface area (Å²) in [5.41, 5.74) is 0. The van der Waals surface area contributed by atoms with Crippen molar-refractivity contribution in [1.29, 1.82) is 0 Å². The minimum Gasteiger partial charge on any atom is -0.436 e. The quantitative estimate of drug-likeness (QED) is 0.149. The van der Waals surface area contributed by atoms with Gasteiger partial charge in [0.2, 0.25) is 6.29 Å². The summed E-state index contributed by atoms with van der Waals surface area (Å²) < 4.78 is 27.8. The van der Waals surface area contributed by atoms with Gasteiger partial charge in [0.15, 0.2) is 0 Å². The molecule has 0 N–H and O–H groups in total. The van der Waals surface area contributed by atoms with Crippen LogP contribution in [0, 0.1) is 0 Å². The third-order valence-electron chi connectivity index (χ3n) is 9.39. The van der Waals surface area contributed by atoms with Crippen LogP contribution in [-0.2, 0) is 23.1 Å². The normalized spacial score (nSPS) is 20.9. The van der Waals surface area contributed by atoms with E-state index in [9.17, 15) is 4.79 Å². The summed E-state index contributed by atoms with van der Waals surface area (Å²) in [6.45, 7) is 17.2. The summed E-state index contributed by atoms with van der Waals surface area (Å²) in [5, 5.41) is 4.26. The van der Waals surface area contributed by atoms with Crippen molar-refractivity contribution in [2.24, 2.45) is 0 Å². The molecular weight excluding hydrogens is 617 g/mol. The van der Waals surface area contributed by atoms with Gasteiger partial charge in [-0.25, -0.2) is 0 Å². The molecule has 0 unspecified atom stereocenters. The molecule has 0 aliphatic carbocycles. The predicted octanol–water partition coefficient (Wildman–Crippen LogP) is 6.57. The Balaban J connectivity index is 1.73. The lowest BCUT2D eigenvalue weighted by atomic mass is 10.0. The number of hydrogen-bond donors (Lipinski definition) is 0. The average Bonchev–Trinajstić information content (AvgIpc) is 3.03. The zero-order chi connectivity index (χ0) is 33.9. The lowest BCUT2D eigenvalue weighted by Crippen LogP contribution is -2.73. The molecule has 5 nitrogen and oxygen atoms in total. The summed E-state index contributed by atoms with van der Waals surface area (Å²) in [7, 11) is -6.02. The van der Waals surface area contributed by atoms with Gasteiger partial charge in [0.25, 0.3) is 16.6 Å². The van der Waals surface area contributed by atoms with Crippen LogP contribution in [0.3, 0.4) is 0 Å². The topological polar surface area (TPSA) is 54.0 Å². The molecule has 0 saturated carbocycles. The number of hydrogen-bond acceptors (Lipinski definition) is 5. The summed E-state index contributed by atoms with van der Waals surface area (Å²) in [6, 6.07) is 42.7. The number of carbonyl (C=O) groups excluding carboxylic acids is 1. The zero-order valence-corrected chi connectivity index (χ0v) is 31.1. The smallest absolute Gasteiger partial charge is 0.304 e. The number of carbonyl (C=O) groups is 1.